The van der Waals surface area contributed by atoms with Gasteiger partial charge in [-0.3, -0.25) is 0 Å². The zero-order chi connectivity index (χ0) is 39.2. The summed E-state index contributed by atoms with van der Waals surface area (Å²) in [5.74, 6) is 0. The van der Waals surface area contributed by atoms with Crippen molar-refractivity contribution in [2.45, 2.75) is 19.3 Å². The van der Waals surface area contributed by atoms with E-state index in [0.717, 1.165) is 45.0 Å². The van der Waals surface area contributed by atoms with Gasteiger partial charge in [0.15, 0.2) is 0 Å². The van der Waals surface area contributed by atoms with Gasteiger partial charge in [0.2, 0.25) is 0 Å². The minimum absolute atomic E-state index is 0.233. The lowest BCUT2D eigenvalue weighted by Gasteiger charge is -2.23. The second-order valence-corrected chi connectivity index (χ2v) is 16.3. The minimum atomic E-state index is -0.233. The number of rotatable bonds is 5. The smallest absolute Gasteiger partial charge is 0.0715 e. The maximum absolute atomic E-state index is 5.15. The summed E-state index contributed by atoms with van der Waals surface area (Å²) in [5.41, 5.74) is 18.8. The topological polar surface area (TPSA) is 22.8 Å². The highest BCUT2D eigenvalue weighted by Gasteiger charge is 2.41. The summed E-state index contributed by atoms with van der Waals surface area (Å²) in [7, 11) is 0. The summed E-state index contributed by atoms with van der Waals surface area (Å²) in [4.78, 5) is 5.15. The Morgan fingerprint density at radius 2 is 0.898 bits per heavy atom. The number of aromatic nitrogens is 3. The number of para-hydroxylation sites is 3. The molecule has 0 aliphatic heterocycles. The van der Waals surface area contributed by atoms with Gasteiger partial charge in [-0.25, -0.2) is 4.98 Å². The third-order valence-electron chi connectivity index (χ3n) is 12.7. The van der Waals surface area contributed by atoms with Gasteiger partial charge in [-0.15, -0.1) is 0 Å². The normalized spacial score (nSPS) is 13.1. The van der Waals surface area contributed by atoms with Crippen LogP contribution in [0.15, 0.2) is 200 Å². The van der Waals surface area contributed by atoms with Gasteiger partial charge in [0.1, 0.15) is 0 Å². The summed E-state index contributed by atoms with van der Waals surface area (Å²) >= 11 is 0. The number of nitrogens with zero attached hydrogens (tertiary/aromatic N) is 3. The van der Waals surface area contributed by atoms with Crippen molar-refractivity contribution in [3.05, 3.63) is 211 Å². The summed E-state index contributed by atoms with van der Waals surface area (Å²) in [6.45, 7) is 4.84. The van der Waals surface area contributed by atoms with Crippen LogP contribution in [0.1, 0.15) is 25.0 Å². The first-order valence-corrected chi connectivity index (χ1v) is 20.5. The molecule has 12 rings (SSSR count). The Balaban J connectivity index is 1.17. The van der Waals surface area contributed by atoms with Crippen LogP contribution in [0.2, 0.25) is 0 Å². The second kappa shape index (κ2) is 12.8. The van der Waals surface area contributed by atoms with Gasteiger partial charge in [-0.1, -0.05) is 166 Å². The fourth-order valence-corrected chi connectivity index (χ4v) is 10.1. The van der Waals surface area contributed by atoms with Crippen molar-refractivity contribution < 1.29 is 0 Å². The molecule has 1 aliphatic carbocycles. The molecule has 59 heavy (non-hydrogen) atoms. The summed E-state index contributed by atoms with van der Waals surface area (Å²) in [6.07, 6.45) is 0. The first-order valence-electron chi connectivity index (χ1n) is 20.5. The Hall–Kier alpha value is -7.49. The monoisotopic (exact) mass is 753 g/mol. The molecule has 0 atom stereocenters. The maximum Gasteiger partial charge on any atom is 0.0715 e. The van der Waals surface area contributed by atoms with E-state index in [0.29, 0.717) is 0 Å². The predicted octanol–water partition coefficient (Wildman–Crippen LogP) is 14.6. The molecule has 0 fully saturated rings. The van der Waals surface area contributed by atoms with Gasteiger partial charge in [0.25, 0.3) is 0 Å². The number of hydrogen-bond acceptors (Lipinski definition) is 1. The van der Waals surface area contributed by atoms with Gasteiger partial charge in [0.05, 0.1) is 33.5 Å². The van der Waals surface area contributed by atoms with Crippen LogP contribution >= 0.6 is 0 Å². The van der Waals surface area contributed by atoms with E-state index in [2.05, 4.69) is 223 Å². The molecule has 3 heterocycles. The van der Waals surface area contributed by atoms with Crippen molar-refractivity contribution in [1.82, 2.24) is 14.1 Å². The van der Waals surface area contributed by atoms with Crippen LogP contribution < -0.4 is 0 Å². The first kappa shape index (κ1) is 33.6. The zero-order valence-corrected chi connectivity index (χ0v) is 32.9. The average Bonchev–Trinajstić information content (AvgIpc) is 3.90. The predicted molar refractivity (Wildman–Crippen MR) is 247 cm³/mol. The van der Waals surface area contributed by atoms with Gasteiger partial charge < -0.3 is 9.13 Å². The Morgan fingerprint density at radius 3 is 1.53 bits per heavy atom. The number of pyridine rings is 1. The summed E-state index contributed by atoms with van der Waals surface area (Å²) < 4.78 is 5.06. The molecule has 0 bridgehead atoms. The Kier molecular flexibility index (Phi) is 7.27. The van der Waals surface area contributed by atoms with E-state index in [-0.39, 0.29) is 5.41 Å². The van der Waals surface area contributed by atoms with Gasteiger partial charge in [0, 0.05) is 55.0 Å². The first-order chi connectivity index (χ1) is 29.1. The van der Waals surface area contributed by atoms with Crippen LogP contribution in [0.4, 0.5) is 0 Å². The van der Waals surface area contributed by atoms with E-state index >= 15 is 0 Å². The van der Waals surface area contributed by atoms with E-state index in [9.17, 15) is 0 Å². The van der Waals surface area contributed by atoms with E-state index in [4.69, 9.17) is 4.98 Å². The quantitative estimate of drug-likeness (QED) is 0.172. The van der Waals surface area contributed by atoms with Crippen molar-refractivity contribution in [3.8, 4) is 56.1 Å². The highest BCUT2D eigenvalue weighted by atomic mass is 15.0. The van der Waals surface area contributed by atoms with Crippen molar-refractivity contribution in [3.63, 3.8) is 0 Å². The third kappa shape index (κ3) is 4.91. The van der Waals surface area contributed by atoms with E-state index in [1.165, 1.54) is 65.9 Å². The Morgan fingerprint density at radius 1 is 0.407 bits per heavy atom. The maximum atomic E-state index is 5.15. The molecule has 3 aromatic heterocycles. The Labute approximate surface area is 343 Å². The SMILES string of the molecule is CC1(C)c2ccccc2-c2c1c1c3ccccc3n(-c3ccccc3)c1c1c3ccccc3n(-c3ccc(-c4cc(-c5ccccc5)nc(-c5ccccc5)c4)cc3)c21. The largest absolute Gasteiger partial charge is 0.309 e. The number of benzene rings is 8. The van der Waals surface area contributed by atoms with Crippen LogP contribution in [-0.4, -0.2) is 14.1 Å². The van der Waals surface area contributed by atoms with Crippen molar-refractivity contribution in [2.75, 3.05) is 0 Å². The molecule has 8 aromatic carbocycles. The zero-order valence-electron chi connectivity index (χ0n) is 32.9. The second-order valence-electron chi connectivity index (χ2n) is 16.3. The molecule has 0 saturated carbocycles. The minimum Gasteiger partial charge on any atom is -0.309 e. The number of fused-ring (bicyclic) bond motifs is 12. The van der Waals surface area contributed by atoms with E-state index < -0.39 is 0 Å². The molecular formula is C56H39N3. The lowest BCUT2D eigenvalue weighted by molar-refractivity contribution is 0.667. The molecule has 3 nitrogen and oxygen atoms in total. The van der Waals surface area contributed by atoms with Crippen LogP contribution in [-0.2, 0) is 5.41 Å². The molecule has 3 heteroatoms. The summed E-state index contributed by atoms with van der Waals surface area (Å²) in [5, 5.41) is 5.15. The number of hydrogen-bond donors (Lipinski definition) is 0. The standard InChI is InChI=1S/C56H39N3/c1-56(2)45-27-15-12-24-42(45)50-53(56)51-43-25-13-16-28-48(43)58(40-22-10-5-11-23-40)55(51)52-44-26-14-17-29-49(44)59(54(50)52)41-32-30-36(31-33-41)39-34-46(37-18-6-3-7-19-37)57-47(35-39)38-20-8-4-9-21-38/h3-35H,1-2H3. The van der Waals surface area contributed by atoms with Crippen LogP contribution in [0, 0.1) is 0 Å². The Bertz CT molecular complexity index is 3370. The molecule has 278 valence electrons. The van der Waals surface area contributed by atoms with Crippen molar-refractivity contribution in [2.24, 2.45) is 0 Å². The molecule has 0 saturated heterocycles. The fourth-order valence-electron chi connectivity index (χ4n) is 10.1. The van der Waals surface area contributed by atoms with Gasteiger partial charge >= 0.3 is 0 Å². The van der Waals surface area contributed by atoms with Crippen LogP contribution in [0.25, 0.3) is 99.8 Å². The fraction of sp³-hybridized carbons (Fsp3) is 0.0536. The van der Waals surface area contributed by atoms with E-state index in [1.807, 2.05) is 0 Å². The highest BCUT2D eigenvalue weighted by Crippen LogP contribution is 2.58. The third-order valence-corrected chi connectivity index (χ3v) is 12.7. The van der Waals surface area contributed by atoms with Crippen molar-refractivity contribution >= 4 is 43.6 Å². The van der Waals surface area contributed by atoms with Gasteiger partial charge in [-0.2, -0.15) is 0 Å². The molecular weight excluding hydrogens is 715 g/mol. The van der Waals surface area contributed by atoms with E-state index in [1.54, 1.807) is 0 Å². The molecule has 0 spiro atoms. The molecule has 0 unspecified atom stereocenters. The van der Waals surface area contributed by atoms with Crippen LogP contribution in [0.3, 0.4) is 0 Å². The lowest BCUT2D eigenvalue weighted by Crippen LogP contribution is -2.15. The van der Waals surface area contributed by atoms with Crippen molar-refractivity contribution in [1.29, 1.82) is 0 Å². The summed E-state index contributed by atoms with van der Waals surface area (Å²) in [6, 6.07) is 72.6. The molecule has 11 aromatic rings. The average molecular weight is 754 g/mol. The lowest BCUT2D eigenvalue weighted by atomic mass is 9.80. The molecule has 0 amide bonds. The molecule has 0 radical (unpaired) electrons. The van der Waals surface area contributed by atoms with Gasteiger partial charge in [-0.05, 0) is 76.3 Å². The molecule has 1 aliphatic rings. The van der Waals surface area contributed by atoms with Crippen LogP contribution in [0.5, 0.6) is 0 Å². The molecule has 0 N–H and O–H groups in total. The highest BCUT2D eigenvalue weighted by molar-refractivity contribution is 6.31.